The van der Waals surface area contributed by atoms with Crippen LogP contribution in [0.25, 0.3) is 0 Å². The number of hydrogen-bond donors (Lipinski definition) is 0. The van der Waals surface area contributed by atoms with Crippen LogP contribution in [0.1, 0.15) is 0 Å². The lowest BCUT2D eigenvalue weighted by Gasteiger charge is -2.08. The number of ether oxygens (including phenoxy) is 1. The standard InChI is InChI=1S/C7HClF5NO3/c8-1-2(9)4(11)5(14(15)16)6(3(1)10)17-7(12)13/h7H. The maximum absolute atomic E-state index is 13.1. The molecule has 0 atom stereocenters. The fourth-order valence-electron chi connectivity index (χ4n) is 0.960. The Kier molecular flexibility index (Phi) is 3.71. The highest BCUT2D eigenvalue weighted by molar-refractivity contribution is 6.31. The predicted octanol–water partition coefficient (Wildman–Crippen LogP) is 3.27. The highest BCUT2D eigenvalue weighted by Crippen LogP contribution is 2.39. The van der Waals surface area contributed by atoms with E-state index in [1.54, 1.807) is 0 Å². The van der Waals surface area contributed by atoms with Crippen molar-refractivity contribution < 1.29 is 31.6 Å². The fraction of sp³-hybridized carbons (Fsp3) is 0.143. The Morgan fingerprint density at radius 3 is 2.12 bits per heavy atom. The molecule has 0 bridgehead atoms. The quantitative estimate of drug-likeness (QED) is 0.280. The zero-order chi connectivity index (χ0) is 13.3. The Balaban J connectivity index is 3.59. The smallest absolute Gasteiger partial charge is 0.387 e. The van der Waals surface area contributed by atoms with E-state index in [1.165, 1.54) is 0 Å². The van der Waals surface area contributed by atoms with Crippen LogP contribution in [0, 0.1) is 27.6 Å². The summed E-state index contributed by atoms with van der Waals surface area (Å²) in [5, 5.41) is 8.79. The summed E-state index contributed by atoms with van der Waals surface area (Å²) in [6.45, 7) is -3.66. The van der Waals surface area contributed by atoms with Crippen LogP contribution in [-0.2, 0) is 0 Å². The van der Waals surface area contributed by atoms with E-state index < -0.39 is 45.4 Å². The molecule has 10 heteroatoms. The van der Waals surface area contributed by atoms with Crippen molar-refractivity contribution in [2.45, 2.75) is 6.61 Å². The van der Waals surface area contributed by atoms with Crippen molar-refractivity contribution in [1.29, 1.82) is 0 Å². The van der Waals surface area contributed by atoms with Crippen molar-refractivity contribution in [2.24, 2.45) is 0 Å². The zero-order valence-corrected chi connectivity index (χ0v) is 8.27. The molecule has 0 aromatic heterocycles. The molecule has 1 aromatic carbocycles. The van der Waals surface area contributed by atoms with E-state index in [0.717, 1.165) is 0 Å². The number of nitrogens with zero attached hydrogens (tertiary/aromatic N) is 1. The van der Waals surface area contributed by atoms with Crippen LogP contribution < -0.4 is 4.74 Å². The van der Waals surface area contributed by atoms with Crippen molar-refractivity contribution in [3.8, 4) is 5.75 Å². The molecule has 0 saturated carbocycles. The van der Waals surface area contributed by atoms with Gasteiger partial charge in [-0.1, -0.05) is 11.6 Å². The van der Waals surface area contributed by atoms with Crippen LogP contribution in [0.15, 0.2) is 0 Å². The minimum Gasteiger partial charge on any atom is -0.424 e. The summed E-state index contributed by atoms with van der Waals surface area (Å²) >= 11 is 4.91. The third kappa shape index (κ3) is 2.38. The molecular weight excluding hydrogens is 277 g/mol. The molecule has 94 valence electrons. The molecule has 0 heterocycles. The normalized spacial score (nSPS) is 10.8. The van der Waals surface area contributed by atoms with Crippen LogP contribution in [0.5, 0.6) is 5.75 Å². The van der Waals surface area contributed by atoms with Crippen LogP contribution in [0.4, 0.5) is 27.6 Å². The van der Waals surface area contributed by atoms with Gasteiger partial charge in [0.1, 0.15) is 5.02 Å². The van der Waals surface area contributed by atoms with E-state index >= 15 is 0 Å². The Bertz CT molecular complexity index is 481. The van der Waals surface area contributed by atoms with E-state index in [4.69, 9.17) is 11.6 Å². The third-order valence-electron chi connectivity index (χ3n) is 1.59. The number of rotatable bonds is 3. The zero-order valence-electron chi connectivity index (χ0n) is 7.52. The number of nitro groups is 1. The SMILES string of the molecule is O=[N+]([O-])c1c(F)c(F)c(Cl)c(F)c1OC(F)F. The average molecular weight is 278 g/mol. The molecule has 0 spiro atoms. The highest BCUT2D eigenvalue weighted by Gasteiger charge is 2.34. The summed E-state index contributed by atoms with van der Waals surface area (Å²) in [5.41, 5.74) is -1.88. The van der Waals surface area contributed by atoms with Gasteiger partial charge >= 0.3 is 12.3 Å². The molecule has 0 unspecified atom stereocenters. The molecule has 0 amide bonds. The van der Waals surface area contributed by atoms with Gasteiger partial charge in [-0.3, -0.25) is 10.1 Å². The Labute approximate surface area is 94.7 Å². The van der Waals surface area contributed by atoms with E-state index in [-0.39, 0.29) is 0 Å². The third-order valence-corrected chi connectivity index (χ3v) is 1.92. The first kappa shape index (κ1) is 13.4. The van der Waals surface area contributed by atoms with Crippen LogP contribution >= 0.6 is 11.6 Å². The van der Waals surface area contributed by atoms with Crippen molar-refractivity contribution in [3.05, 3.63) is 32.6 Å². The lowest BCUT2D eigenvalue weighted by molar-refractivity contribution is -0.389. The second-order valence-electron chi connectivity index (χ2n) is 2.57. The van der Waals surface area contributed by atoms with Crippen molar-refractivity contribution in [2.75, 3.05) is 0 Å². The molecule has 0 N–H and O–H groups in total. The summed E-state index contributed by atoms with van der Waals surface area (Å²) in [7, 11) is 0. The van der Waals surface area contributed by atoms with E-state index in [9.17, 15) is 32.1 Å². The van der Waals surface area contributed by atoms with Gasteiger partial charge in [-0.2, -0.15) is 13.2 Å². The first-order valence-corrected chi connectivity index (χ1v) is 4.10. The molecule has 1 aromatic rings. The fourth-order valence-corrected chi connectivity index (χ4v) is 1.13. The minimum absolute atomic E-state index is 1.51. The second-order valence-corrected chi connectivity index (χ2v) is 2.95. The number of alkyl halides is 2. The van der Waals surface area contributed by atoms with Gasteiger partial charge in [0.05, 0.1) is 4.92 Å². The van der Waals surface area contributed by atoms with Gasteiger partial charge in [0, 0.05) is 0 Å². The van der Waals surface area contributed by atoms with E-state index in [0.29, 0.717) is 0 Å². The number of halogens is 6. The first-order valence-electron chi connectivity index (χ1n) is 3.72. The van der Waals surface area contributed by atoms with Crippen LogP contribution in [0.2, 0.25) is 5.02 Å². The Hall–Kier alpha value is -1.64. The van der Waals surface area contributed by atoms with Gasteiger partial charge in [0.25, 0.3) is 0 Å². The number of benzene rings is 1. The summed E-state index contributed by atoms with van der Waals surface area (Å²) in [4.78, 5) is 8.70. The maximum Gasteiger partial charge on any atom is 0.387 e. The molecule has 0 aliphatic rings. The maximum atomic E-state index is 13.1. The molecule has 0 aliphatic carbocycles. The number of nitro benzene ring substituents is 1. The van der Waals surface area contributed by atoms with Crippen molar-refractivity contribution >= 4 is 17.3 Å². The summed E-state index contributed by atoms with van der Waals surface area (Å²) < 4.78 is 66.1. The molecule has 0 aliphatic heterocycles. The number of hydrogen-bond acceptors (Lipinski definition) is 3. The molecule has 17 heavy (non-hydrogen) atoms. The predicted molar refractivity (Wildman–Crippen MR) is 44.6 cm³/mol. The Morgan fingerprint density at radius 1 is 1.18 bits per heavy atom. The van der Waals surface area contributed by atoms with Gasteiger partial charge in [0.2, 0.25) is 11.6 Å². The average Bonchev–Trinajstić information content (AvgIpc) is 2.22. The topological polar surface area (TPSA) is 52.4 Å². The second kappa shape index (κ2) is 4.70. The molecule has 0 radical (unpaired) electrons. The summed E-state index contributed by atoms with van der Waals surface area (Å²) in [6.07, 6.45) is 0. The summed E-state index contributed by atoms with van der Waals surface area (Å²) in [5.74, 6) is -7.97. The first-order chi connectivity index (χ1) is 7.77. The lowest BCUT2D eigenvalue weighted by atomic mass is 10.2. The van der Waals surface area contributed by atoms with E-state index in [1.807, 2.05) is 0 Å². The Morgan fingerprint density at radius 2 is 1.71 bits per heavy atom. The van der Waals surface area contributed by atoms with Gasteiger partial charge in [-0.15, -0.1) is 0 Å². The molecule has 0 saturated heterocycles. The van der Waals surface area contributed by atoms with Crippen LogP contribution in [0.3, 0.4) is 0 Å². The van der Waals surface area contributed by atoms with E-state index in [2.05, 4.69) is 4.74 Å². The minimum atomic E-state index is -3.66. The van der Waals surface area contributed by atoms with Gasteiger partial charge in [0.15, 0.2) is 11.6 Å². The van der Waals surface area contributed by atoms with Gasteiger partial charge in [-0.05, 0) is 0 Å². The highest BCUT2D eigenvalue weighted by atomic mass is 35.5. The van der Waals surface area contributed by atoms with Crippen LogP contribution in [-0.4, -0.2) is 11.5 Å². The lowest BCUT2D eigenvalue weighted by Crippen LogP contribution is -2.09. The molecule has 1 rings (SSSR count). The molecular formula is C7HClF5NO3. The monoisotopic (exact) mass is 277 g/mol. The van der Waals surface area contributed by atoms with Crippen molar-refractivity contribution in [3.63, 3.8) is 0 Å². The summed E-state index contributed by atoms with van der Waals surface area (Å²) in [6, 6.07) is 0. The molecule has 0 fully saturated rings. The van der Waals surface area contributed by atoms with Gasteiger partial charge < -0.3 is 4.74 Å². The van der Waals surface area contributed by atoms with Gasteiger partial charge in [-0.25, -0.2) is 8.78 Å². The molecule has 4 nitrogen and oxygen atoms in total. The largest absolute Gasteiger partial charge is 0.424 e. The van der Waals surface area contributed by atoms with Crippen molar-refractivity contribution in [1.82, 2.24) is 0 Å².